The first-order valence-corrected chi connectivity index (χ1v) is 18.3. The normalized spacial score (nSPS) is 12.1. The van der Waals surface area contributed by atoms with Crippen LogP contribution in [-0.2, 0) is 0 Å². The molecule has 12 rings (SSSR count). The quantitative estimate of drug-likeness (QED) is 0.182. The molecule has 0 radical (unpaired) electrons. The van der Waals surface area contributed by atoms with Crippen molar-refractivity contribution >= 4 is 87.5 Å². The third-order valence-electron chi connectivity index (χ3n) is 11.3. The van der Waals surface area contributed by atoms with Crippen LogP contribution in [-0.4, -0.2) is 9.13 Å². The number of hydrogen-bond donors (Lipinski definition) is 0. The number of para-hydroxylation sites is 4. The first-order chi connectivity index (χ1) is 27.6. The zero-order chi connectivity index (χ0) is 37.2. The van der Waals surface area contributed by atoms with E-state index in [2.05, 4.69) is 30.3 Å². The van der Waals surface area contributed by atoms with Crippen molar-refractivity contribution in [2.24, 2.45) is 0 Å². The van der Waals surface area contributed by atoms with E-state index in [9.17, 15) is 5.26 Å². The van der Waals surface area contributed by atoms with E-state index in [0.29, 0.717) is 28.1 Å². The zero-order valence-corrected chi connectivity index (χ0v) is 29.3. The van der Waals surface area contributed by atoms with Gasteiger partial charge >= 0.3 is 0 Å². The second kappa shape index (κ2) is 11.2. The van der Waals surface area contributed by atoms with E-state index in [1.165, 1.54) is 18.2 Å². The van der Waals surface area contributed by atoms with Crippen LogP contribution in [0.3, 0.4) is 0 Å². The molecule has 8 aromatic carbocycles. The lowest BCUT2D eigenvalue weighted by Gasteiger charge is -2.19. The molecule has 7 heteroatoms. The van der Waals surface area contributed by atoms with Crippen LogP contribution >= 0.6 is 0 Å². The monoisotopic (exact) mass is 725 g/mol. The molecule has 12 aromatic rings. The Morgan fingerprint density at radius 1 is 0.446 bits per heavy atom. The van der Waals surface area contributed by atoms with Crippen molar-refractivity contribution in [3.8, 4) is 28.6 Å². The summed E-state index contributed by atoms with van der Waals surface area (Å²) < 4.78 is 49.8. The van der Waals surface area contributed by atoms with Gasteiger partial charge in [0.15, 0.2) is 11.2 Å². The minimum atomic E-state index is -0.724. The van der Waals surface area contributed by atoms with Crippen molar-refractivity contribution in [2.75, 3.05) is 0 Å². The number of furan rings is 2. The highest BCUT2D eigenvalue weighted by molar-refractivity contribution is 6.23. The van der Waals surface area contributed by atoms with Gasteiger partial charge in [0.25, 0.3) is 0 Å². The van der Waals surface area contributed by atoms with Gasteiger partial charge in [0.2, 0.25) is 0 Å². The standard InChI is InChI=1S/C49H25F2N3O2/c50-37-14-9-15-38(51)45(37)36-25-41(53-39-16-5-1-10-28(39)32-20-22-34-30-12-3-7-18-43(30)55-48(34)46(32)53)27(26-52)24-42(36)54-40-17-6-2-11-29(40)33-21-23-35-31-13-4-8-19-44(31)56-49(35)47(33)54/h1-25H. The molecule has 0 spiro atoms. The molecule has 0 aliphatic heterocycles. The minimum Gasteiger partial charge on any atom is -0.454 e. The number of nitrogens with zero attached hydrogens (tertiary/aromatic N) is 3. The van der Waals surface area contributed by atoms with E-state index in [1.54, 1.807) is 12.1 Å². The Bertz CT molecular complexity index is 3690. The van der Waals surface area contributed by atoms with Gasteiger partial charge < -0.3 is 18.0 Å². The summed E-state index contributed by atoms with van der Waals surface area (Å²) in [5.74, 6) is -1.45. The van der Waals surface area contributed by atoms with Crippen molar-refractivity contribution in [2.45, 2.75) is 0 Å². The van der Waals surface area contributed by atoms with Gasteiger partial charge in [-0.25, -0.2) is 8.78 Å². The van der Waals surface area contributed by atoms with Crippen molar-refractivity contribution in [1.29, 1.82) is 5.26 Å². The lowest BCUT2D eigenvalue weighted by atomic mass is 9.98. The van der Waals surface area contributed by atoms with Gasteiger partial charge in [-0.1, -0.05) is 91.0 Å². The van der Waals surface area contributed by atoms with E-state index < -0.39 is 11.6 Å². The van der Waals surface area contributed by atoms with Crippen LogP contribution in [0.1, 0.15) is 5.56 Å². The molecular weight excluding hydrogens is 701 g/mol. The Morgan fingerprint density at radius 2 is 0.911 bits per heavy atom. The molecule has 0 saturated carbocycles. The molecule has 56 heavy (non-hydrogen) atoms. The number of hydrogen-bond acceptors (Lipinski definition) is 3. The Hall–Kier alpha value is -7.69. The number of rotatable bonds is 3. The van der Waals surface area contributed by atoms with Crippen LogP contribution in [0, 0.1) is 23.0 Å². The molecule has 0 bridgehead atoms. The van der Waals surface area contributed by atoms with Gasteiger partial charge in [-0.3, -0.25) is 0 Å². The number of benzene rings is 8. The predicted molar refractivity (Wildman–Crippen MR) is 220 cm³/mol. The second-order valence-electron chi connectivity index (χ2n) is 14.2. The highest BCUT2D eigenvalue weighted by atomic mass is 19.1. The van der Waals surface area contributed by atoms with Crippen LogP contribution in [0.5, 0.6) is 0 Å². The van der Waals surface area contributed by atoms with Gasteiger partial charge in [0, 0.05) is 48.7 Å². The highest BCUT2D eigenvalue weighted by Crippen LogP contribution is 2.46. The SMILES string of the molecule is N#Cc1cc(-n2c3ccccc3c3ccc4c5ccccc5oc4c32)c(-c2c(F)cccc2F)cc1-n1c2ccccc2c2ccc3c4ccccc4oc3c21. The molecular formula is C49H25F2N3O2. The average Bonchev–Trinajstić information content (AvgIpc) is 3.98. The molecule has 5 nitrogen and oxygen atoms in total. The van der Waals surface area contributed by atoms with Crippen molar-refractivity contribution in [3.63, 3.8) is 0 Å². The molecule has 0 atom stereocenters. The smallest absolute Gasteiger partial charge is 0.160 e. The zero-order valence-electron chi connectivity index (χ0n) is 29.3. The number of fused-ring (bicyclic) bond motifs is 14. The first-order valence-electron chi connectivity index (χ1n) is 18.3. The summed E-state index contributed by atoms with van der Waals surface area (Å²) >= 11 is 0. The molecule has 0 saturated heterocycles. The number of aromatic nitrogens is 2. The molecule has 0 amide bonds. The largest absolute Gasteiger partial charge is 0.454 e. The second-order valence-corrected chi connectivity index (χ2v) is 14.2. The topological polar surface area (TPSA) is 59.9 Å². The average molecular weight is 726 g/mol. The summed E-state index contributed by atoms with van der Waals surface area (Å²) in [4.78, 5) is 0. The fourth-order valence-electron chi connectivity index (χ4n) is 8.95. The van der Waals surface area contributed by atoms with Crippen LogP contribution in [0.2, 0.25) is 0 Å². The molecule has 0 aliphatic carbocycles. The van der Waals surface area contributed by atoms with Crippen molar-refractivity contribution in [3.05, 3.63) is 169 Å². The van der Waals surface area contributed by atoms with Crippen LogP contribution in [0.15, 0.2) is 160 Å². The maximum Gasteiger partial charge on any atom is 0.160 e. The third kappa shape index (κ3) is 3.99. The van der Waals surface area contributed by atoms with Crippen LogP contribution in [0.4, 0.5) is 8.78 Å². The minimum absolute atomic E-state index is 0.203. The van der Waals surface area contributed by atoms with Gasteiger partial charge in [-0.05, 0) is 60.7 Å². The summed E-state index contributed by atoms with van der Waals surface area (Å²) in [5.41, 5.74) is 7.12. The molecule has 4 heterocycles. The van der Waals surface area contributed by atoms with Crippen molar-refractivity contribution < 1.29 is 17.6 Å². The molecule has 0 unspecified atom stereocenters. The molecule has 0 N–H and O–H groups in total. The summed E-state index contributed by atoms with van der Waals surface area (Å²) in [6.07, 6.45) is 0. The summed E-state index contributed by atoms with van der Waals surface area (Å²) in [5, 5.41) is 18.6. The van der Waals surface area contributed by atoms with Gasteiger partial charge in [0.05, 0.1) is 44.6 Å². The first kappa shape index (κ1) is 30.7. The van der Waals surface area contributed by atoms with Gasteiger partial charge in [-0.2, -0.15) is 5.26 Å². The van der Waals surface area contributed by atoms with E-state index in [4.69, 9.17) is 8.83 Å². The lowest BCUT2D eigenvalue weighted by Crippen LogP contribution is -2.05. The Kier molecular flexibility index (Phi) is 6.13. The lowest BCUT2D eigenvalue weighted by molar-refractivity contribution is 0.589. The Labute approximate surface area is 316 Å². The molecule has 0 fully saturated rings. The highest BCUT2D eigenvalue weighted by Gasteiger charge is 2.27. The number of nitriles is 1. The van der Waals surface area contributed by atoms with Gasteiger partial charge in [0.1, 0.15) is 28.9 Å². The summed E-state index contributed by atoms with van der Waals surface area (Å²) in [6.45, 7) is 0. The van der Waals surface area contributed by atoms with Crippen molar-refractivity contribution in [1.82, 2.24) is 9.13 Å². The fourth-order valence-corrected chi connectivity index (χ4v) is 8.95. The van der Waals surface area contributed by atoms with Gasteiger partial charge in [-0.15, -0.1) is 0 Å². The van der Waals surface area contributed by atoms with E-state index in [-0.39, 0.29) is 11.1 Å². The Balaban J connectivity index is 1.28. The maximum absolute atomic E-state index is 16.3. The van der Waals surface area contributed by atoms with Crippen LogP contribution in [0.25, 0.3) is 110 Å². The van der Waals surface area contributed by atoms with E-state index >= 15 is 8.78 Å². The Morgan fingerprint density at radius 3 is 1.45 bits per heavy atom. The number of halogens is 2. The summed E-state index contributed by atoms with van der Waals surface area (Å²) in [6, 6.07) is 49.8. The fraction of sp³-hybridized carbons (Fsp3) is 0. The molecule has 0 aliphatic rings. The molecule has 4 aromatic heterocycles. The van der Waals surface area contributed by atoms with E-state index in [1.807, 2.05) is 106 Å². The molecule has 262 valence electrons. The maximum atomic E-state index is 16.3. The predicted octanol–water partition coefficient (Wildman–Crippen LogP) is 13.5. The van der Waals surface area contributed by atoms with Crippen LogP contribution < -0.4 is 0 Å². The summed E-state index contributed by atoms with van der Waals surface area (Å²) in [7, 11) is 0. The van der Waals surface area contributed by atoms with E-state index in [0.717, 1.165) is 76.3 Å². The third-order valence-corrected chi connectivity index (χ3v) is 11.3.